The van der Waals surface area contributed by atoms with Crippen molar-refractivity contribution >= 4 is 24.6 Å². The van der Waals surface area contributed by atoms with Crippen LogP contribution < -0.4 is 10.4 Å². The third-order valence-electron chi connectivity index (χ3n) is 6.22. The van der Waals surface area contributed by atoms with Crippen LogP contribution in [0.2, 0.25) is 0 Å². The second kappa shape index (κ2) is 7.43. The van der Waals surface area contributed by atoms with Gasteiger partial charge < -0.3 is 24.2 Å². The van der Waals surface area contributed by atoms with Crippen molar-refractivity contribution in [1.82, 2.24) is 14.9 Å². The summed E-state index contributed by atoms with van der Waals surface area (Å²) in [5.74, 6) is 0.654. The van der Waals surface area contributed by atoms with Crippen molar-refractivity contribution in [3.63, 3.8) is 0 Å². The summed E-state index contributed by atoms with van der Waals surface area (Å²) in [6.45, 7) is 15.3. The summed E-state index contributed by atoms with van der Waals surface area (Å²) in [5.41, 5.74) is -0.422. The van der Waals surface area contributed by atoms with Crippen LogP contribution >= 0.6 is 0 Å². The van der Waals surface area contributed by atoms with Gasteiger partial charge in [0.1, 0.15) is 0 Å². The zero-order valence-corrected chi connectivity index (χ0v) is 18.6. The molecule has 2 saturated heterocycles. The van der Waals surface area contributed by atoms with E-state index >= 15 is 0 Å². The summed E-state index contributed by atoms with van der Waals surface area (Å²) in [6, 6.07) is 0.00720. The third-order valence-corrected chi connectivity index (χ3v) is 6.22. The van der Waals surface area contributed by atoms with Gasteiger partial charge in [0.25, 0.3) is 0 Å². The van der Waals surface area contributed by atoms with Crippen molar-refractivity contribution in [3.05, 3.63) is 12.4 Å². The molecule has 0 saturated carbocycles. The topological polar surface area (TPSA) is 88.0 Å². The maximum Gasteiger partial charge on any atom is 0.498 e. The van der Waals surface area contributed by atoms with Crippen molar-refractivity contribution in [3.8, 4) is 0 Å². The Hall–Kier alpha value is -1.87. The zero-order valence-electron chi connectivity index (χ0n) is 18.6. The van der Waals surface area contributed by atoms with E-state index in [1.165, 1.54) is 0 Å². The molecule has 0 radical (unpaired) electrons. The molecule has 1 aromatic rings. The van der Waals surface area contributed by atoms with Crippen LogP contribution in [0.5, 0.6) is 0 Å². The molecule has 3 rings (SSSR count). The van der Waals surface area contributed by atoms with Gasteiger partial charge in [0.2, 0.25) is 5.95 Å². The lowest BCUT2D eigenvalue weighted by Gasteiger charge is -2.43. The SMILES string of the molecule is CC(C)(C)N(C(=O)O)C1CCN(c2ncc(B3OC(C)(C)C(C)(C)O3)cn2)CC1. The second-order valence-electron chi connectivity index (χ2n) is 9.95. The van der Waals surface area contributed by atoms with E-state index in [-0.39, 0.29) is 6.04 Å². The van der Waals surface area contributed by atoms with E-state index in [1.807, 2.05) is 48.5 Å². The molecule has 2 fully saturated rings. The molecule has 0 aliphatic carbocycles. The first-order valence-corrected chi connectivity index (χ1v) is 10.3. The molecule has 1 amide bonds. The Morgan fingerprint density at radius 3 is 2.03 bits per heavy atom. The molecule has 3 heterocycles. The molecule has 2 aliphatic heterocycles. The van der Waals surface area contributed by atoms with E-state index in [9.17, 15) is 9.90 Å². The van der Waals surface area contributed by atoms with Gasteiger partial charge >= 0.3 is 13.2 Å². The van der Waals surface area contributed by atoms with Crippen LogP contribution in [0.1, 0.15) is 61.3 Å². The van der Waals surface area contributed by atoms with E-state index in [0.717, 1.165) is 31.4 Å². The Balaban J connectivity index is 1.63. The average molecular weight is 404 g/mol. The van der Waals surface area contributed by atoms with E-state index in [0.29, 0.717) is 5.95 Å². The molecule has 29 heavy (non-hydrogen) atoms. The van der Waals surface area contributed by atoms with Crippen LogP contribution in [0.15, 0.2) is 12.4 Å². The van der Waals surface area contributed by atoms with Gasteiger partial charge in [0.15, 0.2) is 0 Å². The van der Waals surface area contributed by atoms with Crippen LogP contribution in [0.25, 0.3) is 0 Å². The summed E-state index contributed by atoms with van der Waals surface area (Å²) < 4.78 is 12.1. The molecule has 2 aliphatic rings. The summed E-state index contributed by atoms with van der Waals surface area (Å²) in [5, 5.41) is 9.62. The van der Waals surface area contributed by atoms with Crippen LogP contribution in [-0.4, -0.2) is 69.1 Å². The van der Waals surface area contributed by atoms with E-state index in [4.69, 9.17) is 9.31 Å². The quantitative estimate of drug-likeness (QED) is 0.775. The van der Waals surface area contributed by atoms with Gasteiger partial charge in [-0.1, -0.05) is 0 Å². The molecule has 8 nitrogen and oxygen atoms in total. The Kier molecular flexibility index (Phi) is 5.60. The summed E-state index contributed by atoms with van der Waals surface area (Å²) in [4.78, 5) is 24.4. The van der Waals surface area contributed by atoms with Crippen molar-refractivity contribution in [2.24, 2.45) is 0 Å². The van der Waals surface area contributed by atoms with Gasteiger partial charge in [-0.05, 0) is 61.3 Å². The first-order valence-electron chi connectivity index (χ1n) is 10.3. The minimum absolute atomic E-state index is 0.00720. The Morgan fingerprint density at radius 2 is 1.62 bits per heavy atom. The monoisotopic (exact) mass is 404 g/mol. The standard InChI is InChI=1S/C20H33BN4O4/c1-18(2,3)25(17(26)27)15-8-10-24(11-9-15)16-22-12-14(13-23-16)21-28-19(4,5)20(6,7)29-21/h12-13,15H,8-11H2,1-7H3,(H,26,27). The summed E-state index contributed by atoms with van der Waals surface area (Å²) in [7, 11) is -0.476. The van der Waals surface area contributed by atoms with Gasteiger partial charge in [-0.3, -0.25) is 0 Å². The average Bonchev–Trinajstić information content (AvgIpc) is 2.82. The van der Waals surface area contributed by atoms with Crippen LogP contribution in [0, 0.1) is 0 Å². The molecule has 1 aromatic heterocycles. The van der Waals surface area contributed by atoms with Crippen LogP contribution in [0.4, 0.5) is 10.7 Å². The van der Waals surface area contributed by atoms with Gasteiger partial charge in [-0.2, -0.15) is 0 Å². The molecule has 0 atom stereocenters. The molecule has 160 valence electrons. The van der Waals surface area contributed by atoms with Gasteiger partial charge in [-0.25, -0.2) is 14.8 Å². The number of anilines is 1. The Bertz CT molecular complexity index is 724. The third kappa shape index (κ3) is 4.35. The van der Waals surface area contributed by atoms with Gasteiger partial charge in [-0.15, -0.1) is 0 Å². The van der Waals surface area contributed by atoms with Gasteiger partial charge in [0.05, 0.1) is 11.2 Å². The van der Waals surface area contributed by atoms with Gasteiger partial charge in [0, 0.05) is 42.5 Å². The highest BCUT2D eigenvalue weighted by atomic mass is 16.7. The first-order chi connectivity index (χ1) is 13.3. The fourth-order valence-electron chi connectivity index (χ4n) is 3.91. The molecular weight excluding hydrogens is 371 g/mol. The molecule has 0 aromatic carbocycles. The lowest BCUT2D eigenvalue weighted by molar-refractivity contribution is 0.00578. The number of hydrogen-bond acceptors (Lipinski definition) is 6. The van der Waals surface area contributed by atoms with Crippen molar-refractivity contribution in [1.29, 1.82) is 0 Å². The van der Waals surface area contributed by atoms with E-state index < -0.39 is 30.0 Å². The predicted molar refractivity (Wildman–Crippen MR) is 113 cm³/mol. The van der Waals surface area contributed by atoms with Crippen molar-refractivity contribution in [2.75, 3.05) is 18.0 Å². The lowest BCUT2D eigenvalue weighted by atomic mass is 9.81. The normalized spacial score (nSPS) is 22.0. The van der Waals surface area contributed by atoms with Crippen LogP contribution in [-0.2, 0) is 9.31 Å². The molecule has 0 bridgehead atoms. The second-order valence-corrected chi connectivity index (χ2v) is 9.95. The highest BCUT2D eigenvalue weighted by Gasteiger charge is 2.52. The predicted octanol–water partition coefficient (Wildman–Crippen LogP) is 2.52. The highest BCUT2D eigenvalue weighted by molar-refractivity contribution is 6.61. The smallest absolute Gasteiger partial charge is 0.465 e. The molecular formula is C20H33BN4O4. The summed E-state index contributed by atoms with van der Waals surface area (Å²) >= 11 is 0. The number of nitrogens with zero attached hydrogens (tertiary/aromatic N) is 4. The number of carbonyl (C=O) groups is 1. The highest BCUT2D eigenvalue weighted by Crippen LogP contribution is 2.36. The first kappa shape index (κ1) is 21.8. The maximum atomic E-state index is 11.7. The minimum atomic E-state index is -0.862. The fourth-order valence-corrected chi connectivity index (χ4v) is 3.91. The Labute approximate surface area is 173 Å². The largest absolute Gasteiger partial charge is 0.498 e. The fraction of sp³-hybridized carbons (Fsp3) is 0.750. The number of hydrogen-bond donors (Lipinski definition) is 1. The van der Waals surface area contributed by atoms with Crippen molar-refractivity contribution in [2.45, 2.75) is 84.1 Å². The molecule has 1 N–H and O–H groups in total. The van der Waals surface area contributed by atoms with E-state index in [2.05, 4.69) is 14.9 Å². The number of aromatic nitrogens is 2. The number of rotatable bonds is 3. The maximum absolute atomic E-state index is 11.7. The molecule has 0 unspecified atom stereocenters. The number of piperidine rings is 1. The number of amides is 1. The molecule has 0 spiro atoms. The van der Waals surface area contributed by atoms with E-state index in [1.54, 1.807) is 17.3 Å². The minimum Gasteiger partial charge on any atom is -0.465 e. The number of carboxylic acid groups (broad SMARTS) is 1. The lowest BCUT2D eigenvalue weighted by Crippen LogP contribution is -2.54. The Morgan fingerprint density at radius 1 is 1.14 bits per heavy atom. The summed E-state index contributed by atoms with van der Waals surface area (Å²) in [6.07, 6.45) is 4.17. The zero-order chi connectivity index (χ0) is 21.6. The van der Waals surface area contributed by atoms with Crippen LogP contribution in [0.3, 0.4) is 0 Å². The molecule has 9 heteroatoms. The van der Waals surface area contributed by atoms with Crippen molar-refractivity contribution < 1.29 is 19.2 Å².